The van der Waals surface area contributed by atoms with E-state index in [2.05, 4.69) is 10.2 Å². The summed E-state index contributed by atoms with van der Waals surface area (Å²) in [5.74, 6) is 0.761. The zero-order chi connectivity index (χ0) is 15.1. The van der Waals surface area contributed by atoms with Gasteiger partial charge in [-0.1, -0.05) is 6.07 Å². The van der Waals surface area contributed by atoms with Crippen LogP contribution in [0.2, 0.25) is 0 Å². The minimum atomic E-state index is 0. The Morgan fingerprint density at radius 2 is 2.26 bits per heavy atom. The fourth-order valence-electron chi connectivity index (χ4n) is 3.89. The van der Waals surface area contributed by atoms with Crippen LogP contribution < -0.4 is 10.9 Å². The van der Waals surface area contributed by atoms with Gasteiger partial charge in [-0.2, -0.15) is 0 Å². The number of hydrogen-bond donors (Lipinski definition) is 1. The van der Waals surface area contributed by atoms with E-state index in [1.165, 1.54) is 12.8 Å². The summed E-state index contributed by atoms with van der Waals surface area (Å²) < 4.78 is 1.63. The lowest BCUT2D eigenvalue weighted by Crippen LogP contribution is -2.44. The van der Waals surface area contributed by atoms with E-state index >= 15 is 0 Å². The molecule has 2 aromatic rings. The molecule has 0 aromatic carbocycles. The van der Waals surface area contributed by atoms with Crippen molar-refractivity contribution in [1.29, 1.82) is 0 Å². The molecule has 23 heavy (non-hydrogen) atoms. The molecular weight excluding hydrogens is 312 g/mol. The summed E-state index contributed by atoms with van der Waals surface area (Å²) >= 11 is 0. The molecule has 2 aliphatic heterocycles. The summed E-state index contributed by atoms with van der Waals surface area (Å²) in [6, 6.07) is 6.28. The topological polar surface area (TPSA) is 49.6 Å². The zero-order valence-corrected chi connectivity index (χ0v) is 14.2. The van der Waals surface area contributed by atoms with Gasteiger partial charge in [0.25, 0.3) is 5.56 Å². The van der Waals surface area contributed by atoms with Crippen LogP contribution in [0.3, 0.4) is 0 Å². The summed E-state index contributed by atoms with van der Waals surface area (Å²) in [5.41, 5.74) is 2.73. The summed E-state index contributed by atoms with van der Waals surface area (Å²) in [5, 5.41) is 3.59. The highest BCUT2D eigenvalue weighted by Crippen LogP contribution is 2.25. The number of aryl methyl sites for hydroxylation is 1. The third-order valence-electron chi connectivity index (χ3n) is 5.06. The van der Waals surface area contributed by atoms with E-state index in [1.54, 1.807) is 16.7 Å². The molecule has 124 valence electrons. The Morgan fingerprint density at radius 1 is 1.39 bits per heavy atom. The molecule has 0 radical (unpaired) electrons. The number of rotatable bonds is 2. The number of halogens is 1. The van der Waals surface area contributed by atoms with Gasteiger partial charge in [0.05, 0.1) is 5.69 Å². The van der Waals surface area contributed by atoms with Gasteiger partial charge in [-0.25, -0.2) is 4.98 Å². The van der Waals surface area contributed by atoms with Gasteiger partial charge in [0.2, 0.25) is 0 Å². The molecular formula is C17H23ClN4O. The summed E-state index contributed by atoms with van der Waals surface area (Å²) in [4.78, 5) is 19.4. The van der Waals surface area contributed by atoms with Crippen molar-refractivity contribution in [1.82, 2.24) is 19.6 Å². The molecule has 0 spiro atoms. The van der Waals surface area contributed by atoms with Crippen molar-refractivity contribution in [2.24, 2.45) is 5.92 Å². The molecule has 4 rings (SSSR count). The predicted molar refractivity (Wildman–Crippen MR) is 93.2 cm³/mol. The van der Waals surface area contributed by atoms with Crippen molar-refractivity contribution in [2.45, 2.75) is 32.4 Å². The fourth-order valence-corrected chi connectivity index (χ4v) is 3.89. The van der Waals surface area contributed by atoms with E-state index < -0.39 is 0 Å². The van der Waals surface area contributed by atoms with Gasteiger partial charge in [-0.15, -0.1) is 12.4 Å². The number of likely N-dealkylation sites (tertiary alicyclic amines) is 1. The Kier molecular flexibility index (Phi) is 4.71. The molecule has 0 aliphatic carbocycles. The number of nitrogens with one attached hydrogen (secondary N) is 1. The summed E-state index contributed by atoms with van der Waals surface area (Å²) in [6.07, 6.45) is 4.27. The molecule has 2 atom stereocenters. The molecule has 2 unspecified atom stereocenters. The SMILES string of the molecule is Cc1cccn2c(=O)cc(CN3CCC4NCCC4C3)nc12.Cl. The van der Waals surface area contributed by atoms with Crippen LogP contribution in [-0.4, -0.2) is 40.0 Å². The number of pyridine rings is 1. The van der Waals surface area contributed by atoms with E-state index in [-0.39, 0.29) is 18.0 Å². The van der Waals surface area contributed by atoms with Crippen LogP contribution in [0.15, 0.2) is 29.2 Å². The third kappa shape index (κ3) is 3.13. The number of aromatic nitrogens is 2. The normalized spacial score (nSPS) is 24.4. The van der Waals surface area contributed by atoms with Gasteiger partial charge < -0.3 is 5.32 Å². The smallest absolute Gasteiger partial charge is 0.258 e. The maximum Gasteiger partial charge on any atom is 0.258 e. The summed E-state index contributed by atoms with van der Waals surface area (Å²) in [6.45, 7) is 6.14. The van der Waals surface area contributed by atoms with Crippen molar-refractivity contribution in [3.05, 3.63) is 46.0 Å². The third-order valence-corrected chi connectivity index (χ3v) is 5.06. The highest BCUT2D eigenvalue weighted by Gasteiger charge is 2.32. The number of hydrogen-bond acceptors (Lipinski definition) is 4. The van der Waals surface area contributed by atoms with E-state index in [4.69, 9.17) is 4.98 Å². The van der Waals surface area contributed by atoms with Crippen LogP contribution in [-0.2, 0) is 6.54 Å². The van der Waals surface area contributed by atoms with Crippen LogP contribution in [0, 0.1) is 12.8 Å². The lowest BCUT2D eigenvalue weighted by molar-refractivity contribution is 0.154. The Balaban J connectivity index is 0.00000156. The molecule has 5 nitrogen and oxygen atoms in total. The van der Waals surface area contributed by atoms with E-state index in [1.807, 2.05) is 19.1 Å². The molecule has 4 heterocycles. The fraction of sp³-hybridized carbons (Fsp3) is 0.529. The van der Waals surface area contributed by atoms with Gasteiger partial charge in [0.1, 0.15) is 5.65 Å². The number of fused-ring (bicyclic) bond motifs is 2. The molecule has 2 aromatic heterocycles. The zero-order valence-electron chi connectivity index (χ0n) is 13.4. The maximum atomic E-state index is 12.3. The highest BCUT2D eigenvalue weighted by atomic mass is 35.5. The van der Waals surface area contributed by atoms with Gasteiger partial charge in [-0.3, -0.25) is 14.1 Å². The van der Waals surface area contributed by atoms with Gasteiger partial charge in [0.15, 0.2) is 0 Å². The highest BCUT2D eigenvalue weighted by molar-refractivity contribution is 5.85. The minimum Gasteiger partial charge on any atom is -0.314 e. The van der Waals surface area contributed by atoms with Crippen LogP contribution in [0.5, 0.6) is 0 Å². The van der Waals surface area contributed by atoms with Gasteiger partial charge >= 0.3 is 0 Å². The van der Waals surface area contributed by atoms with E-state index in [9.17, 15) is 4.79 Å². The molecule has 0 amide bonds. The molecule has 0 saturated carbocycles. The maximum absolute atomic E-state index is 12.3. The van der Waals surface area contributed by atoms with Crippen molar-refractivity contribution in [3.63, 3.8) is 0 Å². The molecule has 2 aliphatic rings. The predicted octanol–water partition coefficient (Wildman–Crippen LogP) is 1.61. The van der Waals surface area contributed by atoms with Gasteiger partial charge in [-0.05, 0) is 43.9 Å². The first-order chi connectivity index (χ1) is 10.7. The van der Waals surface area contributed by atoms with Crippen LogP contribution in [0.1, 0.15) is 24.1 Å². The molecule has 2 saturated heterocycles. The first kappa shape index (κ1) is 16.4. The molecule has 2 fully saturated rings. The number of piperidine rings is 1. The van der Waals surface area contributed by atoms with Crippen LogP contribution >= 0.6 is 12.4 Å². The largest absolute Gasteiger partial charge is 0.314 e. The molecule has 0 bridgehead atoms. The Labute approximate surface area is 142 Å². The lowest BCUT2D eigenvalue weighted by atomic mass is 9.93. The second-order valence-corrected chi connectivity index (χ2v) is 6.60. The monoisotopic (exact) mass is 334 g/mol. The average molecular weight is 335 g/mol. The quantitative estimate of drug-likeness (QED) is 0.906. The Hall–Kier alpha value is -1.43. The first-order valence-corrected chi connectivity index (χ1v) is 8.14. The lowest BCUT2D eigenvalue weighted by Gasteiger charge is -2.34. The first-order valence-electron chi connectivity index (χ1n) is 8.14. The second-order valence-electron chi connectivity index (χ2n) is 6.60. The van der Waals surface area contributed by atoms with Crippen LogP contribution in [0.25, 0.3) is 5.65 Å². The average Bonchev–Trinajstić information content (AvgIpc) is 2.96. The molecule has 6 heteroatoms. The second kappa shape index (κ2) is 6.59. The minimum absolute atomic E-state index is 0. The molecule has 1 N–H and O–H groups in total. The van der Waals surface area contributed by atoms with Gasteiger partial charge in [0, 0.05) is 37.9 Å². The van der Waals surface area contributed by atoms with E-state index in [0.29, 0.717) is 6.04 Å². The standard InChI is InChI=1S/C17H22N4O.ClH/c1-12-3-2-7-21-16(22)9-14(19-17(12)21)11-20-8-5-15-13(10-20)4-6-18-15;/h2-3,7,9,13,15,18H,4-6,8,10-11H2,1H3;1H. The summed E-state index contributed by atoms with van der Waals surface area (Å²) in [7, 11) is 0. The Bertz CT molecular complexity index is 760. The Morgan fingerprint density at radius 3 is 3.13 bits per heavy atom. The van der Waals surface area contributed by atoms with Crippen molar-refractivity contribution in [2.75, 3.05) is 19.6 Å². The van der Waals surface area contributed by atoms with Crippen LogP contribution in [0.4, 0.5) is 0 Å². The number of nitrogens with zero attached hydrogens (tertiary/aromatic N) is 3. The van der Waals surface area contributed by atoms with E-state index in [0.717, 1.165) is 49.0 Å². The van der Waals surface area contributed by atoms with Crippen molar-refractivity contribution >= 4 is 18.1 Å². The van der Waals surface area contributed by atoms with Crippen molar-refractivity contribution < 1.29 is 0 Å². The van der Waals surface area contributed by atoms with Crippen molar-refractivity contribution in [3.8, 4) is 0 Å².